The van der Waals surface area contributed by atoms with Gasteiger partial charge in [0, 0.05) is 29.4 Å². The van der Waals surface area contributed by atoms with Crippen LogP contribution in [0.15, 0.2) is 29.0 Å². The molecule has 0 fully saturated rings. The third-order valence-corrected chi connectivity index (χ3v) is 6.25. The Morgan fingerprint density at radius 3 is 2.95 bits per heavy atom. The fourth-order valence-corrected chi connectivity index (χ4v) is 4.60. The molecule has 118 valence electrons. The van der Waals surface area contributed by atoms with Gasteiger partial charge >= 0.3 is 0 Å². The van der Waals surface area contributed by atoms with Crippen LogP contribution in [-0.4, -0.2) is 34.8 Å². The molecule has 5 heteroatoms. The monoisotopic (exact) mass is 334 g/mol. The van der Waals surface area contributed by atoms with Gasteiger partial charge in [-0.05, 0) is 48.3 Å². The molecule has 2 aromatic rings. The van der Waals surface area contributed by atoms with Crippen LogP contribution >= 0.6 is 22.7 Å². The molecule has 3 heterocycles. The fraction of sp³-hybridized carbons (Fsp3) is 0.471. The van der Waals surface area contributed by atoms with Crippen LogP contribution in [0.1, 0.15) is 29.2 Å². The number of fused-ring (bicyclic) bond motifs is 1. The first-order valence-electron chi connectivity index (χ1n) is 7.79. The van der Waals surface area contributed by atoms with Gasteiger partial charge in [0.05, 0.1) is 6.04 Å². The van der Waals surface area contributed by atoms with Gasteiger partial charge in [0.25, 0.3) is 0 Å². The molecule has 0 N–H and O–H groups in total. The average Bonchev–Trinajstić information content (AvgIpc) is 3.21. The zero-order valence-electron chi connectivity index (χ0n) is 13.1. The van der Waals surface area contributed by atoms with Crippen molar-refractivity contribution in [3.8, 4) is 0 Å². The van der Waals surface area contributed by atoms with Gasteiger partial charge in [-0.1, -0.05) is 13.0 Å². The fourth-order valence-electron chi connectivity index (χ4n) is 2.98. The minimum atomic E-state index is -0.0627. The number of carbonyl (C=O) groups is 1. The molecule has 0 aromatic carbocycles. The molecule has 3 nitrogen and oxygen atoms in total. The molecule has 0 bridgehead atoms. The van der Waals surface area contributed by atoms with E-state index in [0.717, 1.165) is 32.6 Å². The standard InChI is InChI=1S/C17H22N2OS2/c1-3-18(12-15-5-4-9-21-15)13(2)17(20)19-8-6-16-14(11-19)7-10-22-16/h4-5,7,9-10,13H,3,6,8,11-12H2,1-2H3. The van der Waals surface area contributed by atoms with Gasteiger partial charge < -0.3 is 4.90 Å². The molecule has 1 unspecified atom stereocenters. The van der Waals surface area contributed by atoms with E-state index in [2.05, 4.69) is 40.8 Å². The highest BCUT2D eigenvalue weighted by Gasteiger charge is 2.28. The second-order valence-corrected chi connectivity index (χ2v) is 7.73. The van der Waals surface area contributed by atoms with Crippen molar-refractivity contribution in [2.45, 2.75) is 39.4 Å². The molecule has 1 amide bonds. The molecule has 0 saturated heterocycles. The Hall–Kier alpha value is -1.17. The second kappa shape index (κ2) is 6.94. The first-order chi connectivity index (χ1) is 10.7. The van der Waals surface area contributed by atoms with E-state index in [0.29, 0.717) is 0 Å². The molecule has 1 aliphatic heterocycles. The highest BCUT2D eigenvalue weighted by atomic mass is 32.1. The Morgan fingerprint density at radius 2 is 2.23 bits per heavy atom. The van der Waals surface area contributed by atoms with Gasteiger partial charge in [-0.2, -0.15) is 0 Å². The highest BCUT2D eigenvalue weighted by Crippen LogP contribution is 2.25. The van der Waals surface area contributed by atoms with Crippen molar-refractivity contribution in [2.75, 3.05) is 13.1 Å². The lowest BCUT2D eigenvalue weighted by molar-refractivity contribution is -0.137. The third-order valence-electron chi connectivity index (χ3n) is 4.37. The molecule has 2 aromatic heterocycles. The van der Waals surface area contributed by atoms with E-state index >= 15 is 0 Å². The topological polar surface area (TPSA) is 23.6 Å². The van der Waals surface area contributed by atoms with E-state index in [-0.39, 0.29) is 11.9 Å². The SMILES string of the molecule is CCN(Cc1cccs1)C(C)C(=O)N1CCc2sccc2C1. The summed E-state index contributed by atoms with van der Waals surface area (Å²) < 4.78 is 0. The number of hydrogen-bond donors (Lipinski definition) is 0. The first-order valence-corrected chi connectivity index (χ1v) is 9.55. The molecule has 0 aliphatic carbocycles. The van der Waals surface area contributed by atoms with Gasteiger partial charge in [0.1, 0.15) is 0 Å². The second-order valence-electron chi connectivity index (χ2n) is 5.70. The molecule has 1 atom stereocenters. The summed E-state index contributed by atoms with van der Waals surface area (Å²) >= 11 is 3.57. The molecule has 0 radical (unpaired) electrons. The van der Waals surface area contributed by atoms with Gasteiger partial charge in [0.2, 0.25) is 5.91 Å². The maximum absolute atomic E-state index is 12.8. The summed E-state index contributed by atoms with van der Waals surface area (Å²) in [6, 6.07) is 6.31. The van der Waals surface area contributed by atoms with Gasteiger partial charge in [-0.25, -0.2) is 0 Å². The normalized spacial score (nSPS) is 15.9. The minimum absolute atomic E-state index is 0.0627. The lowest BCUT2D eigenvalue weighted by Crippen LogP contribution is -2.48. The number of rotatable bonds is 5. The maximum atomic E-state index is 12.8. The number of carbonyl (C=O) groups excluding carboxylic acids is 1. The zero-order valence-corrected chi connectivity index (χ0v) is 14.8. The van der Waals surface area contributed by atoms with E-state index in [1.54, 1.807) is 11.3 Å². The summed E-state index contributed by atoms with van der Waals surface area (Å²) in [7, 11) is 0. The van der Waals surface area contributed by atoms with Crippen molar-refractivity contribution in [1.82, 2.24) is 9.80 Å². The van der Waals surface area contributed by atoms with Gasteiger partial charge in [0.15, 0.2) is 0 Å². The van der Waals surface area contributed by atoms with Crippen LogP contribution in [-0.2, 0) is 24.3 Å². The van der Waals surface area contributed by atoms with Gasteiger partial charge in [-0.15, -0.1) is 22.7 Å². The van der Waals surface area contributed by atoms with Crippen LogP contribution in [0.3, 0.4) is 0 Å². The molecule has 3 rings (SSSR count). The summed E-state index contributed by atoms with van der Waals surface area (Å²) in [6.07, 6.45) is 1.00. The van der Waals surface area contributed by atoms with Crippen molar-refractivity contribution in [3.05, 3.63) is 44.3 Å². The van der Waals surface area contributed by atoms with E-state index in [1.807, 2.05) is 23.2 Å². The number of amides is 1. The predicted molar refractivity (Wildman–Crippen MR) is 93.3 cm³/mol. The van der Waals surface area contributed by atoms with Crippen LogP contribution < -0.4 is 0 Å². The van der Waals surface area contributed by atoms with E-state index in [1.165, 1.54) is 15.3 Å². The van der Waals surface area contributed by atoms with Gasteiger partial charge in [-0.3, -0.25) is 9.69 Å². The van der Waals surface area contributed by atoms with Crippen LogP contribution in [0.5, 0.6) is 0 Å². The lowest BCUT2D eigenvalue weighted by atomic mass is 10.1. The zero-order chi connectivity index (χ0) is 15.5. The van der Waals surface area contributed by atoms with E-state index in [4.69, 9.17) is 0 Å². The molecular weight excluding hydrogens is 312 g/mol. The molecular formula is C17H22N2OS2. The summed E-state index contributed by atoms with van der Waals surface area (Å²) in [4.78, 5) is 19.9. The largest absolute Gasteiger partial charge is 0.337 e. The Morgan fingerprint density at radius 1 is 1.36 bits per heavy atom. The summed E-state index contributed by atoms with van der Waals surface area (Å²) in [5, 5.41) is 4.23. The number of likely N-dealkylation sites (N-methyl/N-ethyl adjacent to an activating group) is 1. The summed E-state index contributed by atoms with van der Waals surface area (Å²) in [5.74, 6) is 0.259. The number of hydrogen-bond acceptors (Lipinski definition) is 4. The summed E-state index contributed by atoms with van der Waals surface area (Å²) in [5.41, 5.74) is 1.33. The molecule has 0 saturated carbocycles. The lowest BCUT2D eigenvalue weighted by Gasteiger charge is -2.34. The van der Waals surface area contributed by atoms with Crippen LogP contribution in [0, 0.1) is 0 Å². The maximum Gasteiger partial charge on any atom is 0.239 e. The van der Waals surface area contributed by atoms with Crippen molar-refractivity contribution in [3.63, 3.8) is 0 Å². The van der Waals surface area contributed by atoms with Crippen LogP contribution in [0.4, 0.5) is 0 Å². The van der Waals surface area contributed by atoms with Crippen molar-refractivity contribution < 1.29 is 4.79 Å². The predicted octanol–water partition coefficient (Wildman–Crippen LogP) is 3.60. The quantitative estimate of drug-likeness (QED) is 0.834. The Bertz CT molecular complexity index is 620. The Labute approximate surface area is 140 Å². The smallest absolute Gasteiger partial charge is 0.239 e. The number of nitrogens with zero attached hydrogens (tertiary/aromatic N) is 2. The van der Waals surface area contributed by atoms with E-state index < -0.39 is 0 Å². The molecule has 22 heavy (non-hydrogen) atoms. The molecule has 1 aliphatic rings. The average molecular weight is 335 g/mol. The summed E-state index contributed by atoms with van der Waals surface area (Å²) in [6.45, 7) is 7.56. The van der Waals surface area contributed by atoms with Crippen molar-refractivity contribution in [1.29, 1.82) is 0 Å². The van der Waals surface area contributed by atoms with Crippen LogP contribution in [0.25, 0.3) is 0 Å². The minimum Gasteiger partial charge on any atom is -0.337 e. The Balaban J connectivity index is 1.65. The first kappa shape index (κ1) is 15.7. The van der Waals surface area contributed by atoms with E-state index in [9.17, 15) is 4.79 Å². The van der Waals surface area contributed by atoms with Crippen molar-refractivity contribution >= 4 is 28.6 Å². The number of thiophene rings is 2. The highest BCUT2D eigenvalue weighted by molar-refractivity contribution is 7.10. The van der Waals surface area contributed by atoms with Crippen LogP contribution in [0.2, 0.25) is 0 Å². The van der Waals surface area contributed by atoms with Crippen molar-refractivity contribution in [2.24, 2.45) is 0 Å². The third kappa shape index (κ3) is 3.26. The Kier molecular flexibility index (Phi) is 4.96. The molecule has 0 spiro atoms.